The summed E-state index contributed by atoms with van der Waals surface area (Å²) in [5.74, 6) is 0.730. The summed E-state index contributed by atoms with van der Waals surface area (Å²) in [7, 11) is 0. The number of carbonyl (C=O) groups excluding carboxylic acids is 1. The number of fused-ring (bicyclic) bond motifs is 1. The third-order valence-corrected chi connectivity index (χ3v) is 6.44. The van der Waals surface area contributed by atoms with Gasteiger partial charge in [0.05, 0.1) is 16.8 Å². The zero-order valence-corrected chi connectivity index (χ0v) is 18.5. The van der Waals surface area contributed by atoms with Crippen molar-refractivity contribution in [3.8, 4) is 5.75 Å². The van der Waals surface area contributed by atoms with E-state index in [1.807, 2.05) is 37.3 Å². The Morgan fingerprint density at radius 3 is 2.67 bits per heavy atom. The Labute approximate surface area is 185 Å². The molecule has 1 fully saturated rings. The van der Waals surface area contributed by atoms with E-state index in [0.717, 1.165) is 58.8 Å². The maximum absolute atomic E-state index is 12.3. The third kappa shape index (κ3) is 5.03. The average Bonchev–Trinajstić information content (AvgIpc) is 3.18. The first kappa shape index (κ1) is 20.9. The second kappa shape index (κ2) is 9.64. The van der Waals surface area contributed by atoms with Crippen molar-refractivity contribution in [3.63, 3.8) is 0 Å². The number of thiazole rings is 1. The Hall–Kier alpha value is -2.35. The van der Waals surface area contributed by atoms with E-state index >= 15 is 0 Å². The molecule has 8 heteroatoms. The molecule has 0 saturated carbocycles. The van der Waals surface area contributed by atoms with Crippen molar-refractivity contribution >= 4 is 44.2 Å². The maximum Gasteiger partial charge on any atom is 0.251 e. The number of nitrogens with zero attached hydrogens (tertiary/aromatic N) is 3. The van der Waals surface area contributed by atoms with Gasteiger partial charge < -0.3 is 15.0 Å². The summed E-state index contributed by atoms with van der Waals surface area (Å²) in [5, 5.41) is 4.80. The molecule has 1 aromatic heterocycles. The standard InChI is InChI=1S/C22H25ClN4O2S/c1-2-29-18-6-3-16(4-7-18)21(28)24-9-10-26-11-13-27(14-12-26)22-25-19-8-5-17(23)15-20(19)30-22/h3-8,15H,2,9-14H2,1H3,(H,24,28). The van der Waals surface area contributed by atoms with Crippen LogP contribution in [0.3, 0.4) is 0 Å². The number of nitrogens with one attached hydrogen (secondary N) is 1. The molecule has 3 aromatic rings. The fourth-order valence-corrected chi connectivity index (χ4v) is 4.78. The summed E-state index contributed by atoms with van der Waals surface area (Å²) < 4.78 is 6.53. The van der Waals surface area contributed by atoms with Gasteiger partial charge in [-0.2, -0.15) is 0 Å². The Morgan fingerprint density at radius 2 is 1.93 bits per heavy atom. The van der Waals surface area contributed by atoms with Crippen molar-refractivity contribution in [3.05, 3.63) is 53.1 Å². The number of piperazine rings is 1. The smallest absolute Gasteiger partial charge is 0.251 e. The van der Waals surface area contributed by atoms with Gasteiger partial charge in [-0.3, -0.25) is 9.69 Å². The monoisotopic (exact) mass is 444 g/mol. The minimum Gasteiger partial charge on any atom is -0.494 e. The molecule has 4 rings (SSSR count). The van der Waals surface area contributed by atoms with Crippen LogP contribution in [0.15, 0.2) is 42.5 Å². The number of benzene rings is 2. The van der Waals surface area contributed by atoms with Crippen LogP contribution in [0.4, 0.5) is 5.13 Å². The second-order valence-corrected chi connectivity index (χ2v) is 8.60. The molecule has 1 aliphatic heterocycles. The Balaban J connectivity index is 1.22. The van der Waals surface area contributed by atoms with Crippen molar-refractivity contribution < 1.29 is 9.53 Å². The highest BCUT2D eigenvalue weighted by molar-refractivity contribution is 7.22. The Bertz CT molecular complexity index is 1000. The van der Waals surface area contributed by atoms with Crippen LogP contribution in [0.5, 0.6) is 5.75 Å². The first-order valence-electron chi connectivity index (χ1n) is 10.2. The number of rotatable bonds is 7. The van der Waals surface area contributed by atoms with Gasteiger partial charge in [0.1, 0.15) is 5.75 Å². The topological polar surface area (TPSA) is 57.7 Å². The zero-order chi connectivity index (χ0) is 20.9. The van der Waals surface area contributed by atoms with Gasteiger partial charge in [0.2, 0.25) is 0 Å². The molecule has 1 saturated heterocycles. The summed E-state index contributed by atoms with van der Waals surface area (Å²) >= 11 is 7.77. The molecule has 0 unspecified atom stereocenters. The third-order valence-electron chi connectivity index (χ3n) is 5.12. The van der Waals surface area contributed by atoms with Gasteiger partial charge in [-0.25, -0.2) is 4.98 Å². The van der Waals surface area contributed by atoms with Crippen LogP contribution in [0, 0.1) is 0 Å². The van der Waals surface area contributed by atoms with Crippen molar-refractivity contribution in [2.45, 2.75) is 6.92 Å². The Morgan fingerprint density at radius 1 is 1.17 bits per heavy atom. The first-order chi connectivity index (χ1) is 14.6. The van der Waals surface area contributed by atoms with E-state index in [2.05, 4.69) is 15.1 Å². The molecule has 6 nitrogen and oxygen atoms in total. The molecule has 0 aliphatic carbocycles. The molecule has 1 N–H and O–H groups in total. The van der Waals surface area contributed by atoms with Gasteiger partial charge in [0, 0.05) is 49.9 Å². The number of anilines is 1. The average molecular weight is 445 g/mol. The van der Waals surface area contributed by atoms with E-state index in [4.69, 9.17) is 21.3 Å². The zero-order valence-electron chi connectivity index (χ0n) is 16.9. The lowest BCUT2D eigenvalue weighted by Gasteiger charge is -2.34. The highest BCUT2D eigenvalue weighted by atomic mass is 35.5. The molecule has 0 atom stereocenters. The van der Waals surface area contributed by atoms with Crippen molar-refractivity contribution in [2.75, 3.05) is 50.8 Å². The van der Waals surface area contributed by atoms with Crippen LogP contribution in [-0.2, 0) is 0 Å². The number of halogens is 1. The number of ether oxygens (including phenoxy) is 1. The number of carbonyl (C=O) groups is 1. The van der Waals surface area contributed by atoms with Crippen LogP contribution in [-0.4, -0.2) is 61.7 Å². The highest BCUT2D eigenvalue weighted by Crippen LogP contribution is 2.31. The van der Waals surface area contributed by atoms with Gasteiger partial charge in [0.25, 0.3) is 5.91 Å². The van der Waals surface area contributed by atoms with Crippen LogP contribution < -0.4 is 15.0 Å². The molecule has 2 aromatic carbocycles. The number of amides is 1. The summed E-state index contributed by atoms with van der Waals surface area (Å²) in [4.78, 5) is 21.7. The van der Waals surface area contributed by atoms with E-state index in [1.54, 1.807) is 23.5 Å². The van der Waals surface area contributed by atoms with E-state index in [9.17, 15) is 4.79 Å². The Kier molecular flexibility index (Phi) is 6.72. The lowest BCUT2D eigenvalue weighted by molar-refractivity contribution is 0.0947. The highest BCUT2D eigenvalue weighted by Gasteiger charge is 2.20. The van der Waals surface area contributed by atoms with Crippen molar-refractivity contribution in [1.29, 1.82) is 0 Å². The first-order valence-corrected chi connectivity index (χ1v) is 11.4. The SMILES string of the molecule is CCOc1ccc(C(=O)NCCN2CCN(c3nc4ccc(Cl)cc4s3)CC2)cc1. The molecule has 1 aliphatic rings. The van der Waals surface area contributed by atoms with Crippen LogP contribution in [0.2, 0.25) is 5.02 Å². The van der Waals surface area contributed by atoms with Crippen molar-refractivity contribution in [2.24, 2.45) is 0 Å². The molecule has 0 radical (unpaired) electrons. The van der Waals surface area contributed by atoms with E-state index in [1.165, 1.54) is 0 Å². The summed E-state index contributed by atoms with van der Waals surface area (Å²) in [6.07, 6.45) is 0. The molecular weight excluding hydrogens is 420 g/mol. The predicted octanol–water partition coefficient (Wildman–Crippen LogP) is 3.90. The molecular formula is C22H25ClN4O2S. The van der Waals surface area contributed by atoms with Gasteiger partial charge >= 0.3 is 0 Å². The fourth-order valence-electron chi connectivity index (χ4n) is 3.48. The largest absolute Gasteiger partial charge is 0.494 e. The summed E-state index contributed by atoms with van der Waals surface area (Å²) in [6, 6.07) is 13.1. The van der Waals surface area contributed by atoms with Gasteiger partial charge in [-0.1, -0.05) is 22.9 Å². The van der Waals surface area contributed by atoms with Crippen LogP contribution in [0.25, 0.3) is 10.2 Å². The lowest BCUT2D eigenvalue weighted by Crippen LogP contribution is -2.48. The van der Waals surface area contributed by atoms with Gasteiger partial charge in [-0.05, 0) is 49.4 Å². The second-order valence-electron chi connectivity index (χ2n) is 7.15. The summed E-state index contributed by atoms with van der Waals surface area (Å²) in [5.41, 5.74) is 1.65. The molecule has 0 bridgehead atoms. The number of hydrogen-bond donors (Lipinski definition) is 1. The number of aromatic nitrogens is 1. The quantitative estimate of drug-likeness (QED) is 0.599. The fraction of sp³-hybridized carbons (Fsp3) is 0.364. The van der Waals surface area contributed by atoms with E-state index in [0.29, 0.717) is 18.7 Å². The van der Waals surface area contributed by atoms with Gasteiger partial charge in [-0.15, -0.1) is 0 Å². The van der Waals surface area contributed by atoms with E-state index < -0.39 is 0 Å². The maximum atomic E-state index is 12.3. The normalized spacial score (nSPS) is 14.8. The van der Waals surface area contributed by atoms with Crippen LogP contribution in [0.1, 0.15) is 17.3 Å². The number of hydrogen-bond acceptors (Lipinski definition) is 6. The predicted molar refractivity (Wildman–Crippen MR) is 123 cm³/mol. The van der Waals surface area contributed by atoms with Crippen LogP contribution >= 0.6 is 22.9 Å². The van der Waals surface area contributed by atoms with Gasteiger partial charge in [0.15, 0.2) is 5.13 Å². The molecule has 1 amide bonds. The minimum absolute atomic E-state index is 0.0511. The van der Waals surface area contributed by atoms with E-state index in [-0.39, 0.29) is 5.91 Å². The molecule has 2 heterocycles. The summed E-state index contributed by atoms with van der Waals surface area (Å²) in [6.45, 7) is 7.80. The van der Waals surface area contributed by atoms with Crippen molar-refractivity contribution in [1.82, 2.24) is 15.2 Å². The molecule has 158 valence electrons. The molecule has 0 spiro atoms. The molecule has 30 heavy (non-hydrogen) atoms. The minimum atomic E-state index is -0.0511. The lowest BCUT2D eigenvalue weighted by atomic mass is 10.2.